The summed E-state index contributed by atoms with van der Waals surface area (Å²) in [4.78, 5) is 0. The number of benzene rings is 2. The molecule has 0 amide bonds. The zero-order chi connectivity index (χ0) is 13.8. The molecule has 0 atom stereocenters. The Balaban J connectivity index is 2.37. The van der Waals surface area contributed by atoms with Gasteiger partial charge in [-0.3, -0.25) is 0 Å². The molecule has 0 radical (unpaired) electrons. The number of nitrogens with two attached hydrogens (primary N) is 1. The van der Waals surface area contributed by atoms with Crippen LogP contribution in [-0.4, -0.2) is 6.54 Å². The Hall–Kier alpha value is -1.94. The second-order valence-electron chi connectivity index (χ2n) is 4.27. The van der Waals surface area contributed by atoms with Crippen molar-refractivity contribution in [1.82, 2.24) is 0 Å². The number of ether oxygens (including phenoxy) is 1. The van der Waals surface area contributed by atoms with E-state index < -0.39 is 5.82 Å². The molecule has 0 aliphatic rings. The highest BCUT2D eigenvalue weighted by Gasteiger charge is 2.11. The standard InChI is InChI=1S/C15H15F2NO/c1-10-5-6-11(16)9-15(10)19-14-4-2-3-13(17)12(14)7-8-18/h2-6,9H,7-8,18H2,1H3. The van der Waals surface area contributed by atoms with Crippen LogP contribution in [0.4, 0.5) is 8.78 Å². The van der Waals surface area contributed by atoms with Gasteiger partial charge in [-0.25, -0.2) is 8.78 Å². The highest BCUT2D eigenvalue weighted by Crippen LogP contribution is 2.30. The number of hydrogen-bond acceptors (Lipinski definition) is 2. The van der Waals surface area contributed by atoms with Gasteiger partial charge in [0, 0.05) is 11.6 Å². The molecule has 2 nitrogen and oxygen atoms in total. The van der Waals surface area contributed by atoms with Gasteiger partial charge in [-0.1, -0.05) is 12.1 Å². The molecule has 4 heteroatoms. The summed E-state index contributed by atoms with van der Waals surface area (Å²) in [5, 5.41) is 0. The highest BCUT2D eigenvalue weighted by molar-refractivity contribution is 5.41. The van der Waals surface area contributed by atoms with Crippen LogP contribution in [0.25, 0.3) is 0 Å². The summed E-state index contributed by atoms with van der Waals surface area (Å²) >= 11 is 0. The predicted molar refractivity (Wildman–Crippen MR) is 70.4 cm³/mol. The molecule has 2 N–H and O–H groups in total. The first kappa shape index (κ1) is 13.5. The van der Waals surface area contributed by atoms with Gasteiger partial charge in [0.15, 0.2) is 0 Å². The molecule has 0 fully saturated rings. The van der Waals surface area contributed by atoms with Crippen molar-refractivity contribution >= 4 is 0 Å². The van der Waals surface area contributed by atoms with Crippen molar-refractivity contribution in [2.24, 2.45) is 5.73 Å². The van der Waals surface area contributed by atoms with E-state index in [9.17, 15) is 8.78 Å². The first-order valence-electron chi connectivity index (χ1n) is 6.03. The summed E-state index contributed by atoms with van der Waals surface area (Å²) in [7, 11) is 0. The van der Waals surface area contributed by atoms with Crippen LogP contribution in [0.15, 0.2) is 36.4 Å². The summed E-state index contributed by atoms with van der Waals surface area (Å²) < 4.78 is 32.5. The molecular formula is C15H15F2NO. The van der Waals surface area contributed by atoms with Crippen LogP contribution in [-0.2, 0) is 6.42 Å². The lowest BCUT2D eigenvalue weighted by atomic mass is 10.1. The quantitative estimate of drug-likeness (QED) is 0.915. The van der Waals surface area contributed by atoms with E-state index in [1.165, 1.54) is 18.2 Å². The first-order valence-corrected chi connectivity index (χ1v) is 6.03. The predicted octanol–water partition coefficient (Wildman–Crippen LogP) is 3.57. The molecule has 0 saturated heterocycles. The van der Waals surface area contributed by atoms with Gasteiger partial charge in [0.1, 0.15) is 23.1 Å². The minimum atomic E-state index is -0.391. The van der Waals surface area contributed by atoms with Gasteiger partial charge >= 0.3 is 0 Å². The first-order chi connectivity index (χ1) is 9.11. The zero-order valence-electron chi connectivity index (χ0n) is 10.6. The van der Waals surface area contributed by atoms with Crippen LogP contribution >= 0.6 is 0 Å². The molecular weight excluding hydrogens is 248 g/mol. The number of rotatable bonds is 4. The molecule has 2 aromatic rings. The van der Waals surface area contributed by atoms with E-state index in [0.717, 1.165) is 5.56 Å². The van der Waals surface area contributed by atoms with Crippen LogP contribution < -0.4 is 10.5 Å². The molecule has 0 spiro atoms. The maximum atomic E-state index is 13.7. The van der Waals surface area contributed by atoms with Crippen molar-refractivity contribution in [3.05, 3.63) is 59.2 Å². The fourth-order valence-corrected chi connectivity index (χ4v) is 1.82. The maximum Gasteiger partial charge on any atom is 0.133 e. The van der Waals surface area contributed by atoms with Gasteiger partial charge in [-0.2, -0.15) is 0 Å². The van der Waals surface area contributed by atoms with Gasteiger partial charge in [0.05, 0.1) is 0 Å². The average molecular weight is 263 g/mol. The summed E-state index contributed by atoms with van der Waals surface area (Å²) in [5.41, 5.74) is 6.66. The van der Waals surface area contributed by atoms with E-state index in [1.54, 1.807) is 25.1 Å². The average Bonchev–Trinajstić information content (AvgIpc) is 2.38. The lowest BCUT2D eigenvalue weighted by Gasteiger charge is -2.13. The maximum absolute atomic E-state index is 13.7. The fraction of sp³-hybridized carbons (Fsp3) is 0.200. The Morgan fingerprint density at radius 3 is 2.63 bits per heavy atom. The summed E-state index contributed by atoms with van der Waals surface area (Å²) in [5.74, 6) is -0.00240. The van der Waals surface area contributed by atoms with Crippen molar-refractivity contribution in [1.29, 1.82) is 0 Å². The zero-order valence-corrected chi connectivity index (χ0v) is 10.6. The van der Waals surface area contributed by atoms with E-state index in [2.05, 4.69) is 0 Å². The van der Waals surface area contributed by atoms with Gasteiger partial charge in [0.25, 0.3) is 0 Å². The Morgan fingerprint density at radius 1 is 1.11 bits per heavy atom. The number of hydrogen-bond donors (Lipinski definition) is 1. The Bertz CT molecular complexity index is 584. The van der Waals surface area contributed by atoms with Crippen molar-refractivity contribution in [2.75, 3.05) is 6.54 Å². The molecule has 100 valence electrons. The lowest BCUT2D eigenvalue weighted by Crippen LogP contribution is -2.06. The minimum Gasteiger partial charge on any atom is -0.457 e. The van der Waals surface area contributed by atoms with Crippen LogP contribution in [0.3, 0.4) is 0 Å². The lowest BCUT2D eigenvalue weighted by molar-refractivity contribution is 0.459. The topological polar surface area (TPSA) is 35.2 Å². The Morgan fingerprint density at radius 2 is 1.89 bits per heavy atom. The summed E-state index contributed by atoms with van der Waals surface area (Å²) in [6.07, 6.45) is 0.371. The summed E-state index contributed by atoms with van der Waals surface area (Å²) in [6.45, 7) is 2.12. The fourth-order valence-electron chi connectivity index (χ4n) is 1.82. The van der Waals surface area contributed by atoms with Gasteiger partial charge in [-0.05, 0) is 43.7 Å². The molecule has 0 bridgehead atoms. The molecule has 2 aromatic carbocycles. The largest absolute Gasteiger partial charge is 0.457 e. The van der Waals surface area contributed by atoms with Crippen molar-refractivity contribution in [3.63, 3.8) is 0 Å². The molecule has 19 heavy (non-hydrogen) atoms. The van der Waals surface area contributed by atoms with Crippen LogP contribution in [0, 0.1) is 18.6 Å². The van der Waals surface area contributed by atoms with E-state index in [4.69, 9.17) is 10.5 Å². The van der Waals surface area contributed by atoms with Crippen molar-refractivity contribution in [2.45, 2.75) is 13.3 Å². The second kappa shape index (κ2) is 5.80. The van der Waals surface area contributed by atoms with Crippen LogP contribution in [0.2, 0.25) is 0 Å². The number of aryl methyl sites for hydroxylation is 1. The third kappa shape index (κ3) is 3.09. The molecule has 2 rings (SSSR count). The van der Waals surface area contributed by atoms with Crippen molar-refractivity contribution < 1.29 is 13.5 Å². The second-order valence-corrected chi connectivity index (χ2v) is 4.27. The van der Waals surface area contributed by atoms with Crippen LogP contribution in [0.1, 0.15) is 11.1 Å². The third-order valence-electron chi connectivity index (χ3n) is 2.84. The van der Waals surface area contributed by atoms with Gasteiger partial charge in [0.2, 0.25) is 0 Å². The van der Waals surface area contributed by atoms with Crippen LogP contribution in [0.5, 0.6) is 11.5 Å². The monoisotopic (exact) mass is 263 g/mol. The molecule has 0 heterocycles. The normalized spacial score (nSPS) is 10.5. The van der Waals surface area contributed by atoms with Crippen molar-refractivity contribution in [3.8, 4) is 11.5 Å². The SMILES string of the molecule is Cc1ccc(F)cc1Oc1cccc(F)c1CCN. The molecule has 0 unspecified atom stereocenters. The Labute approximate surface area is 110 Å². The van der Waals surface area contributed by atoms with E-state index in [1.807, 2.05) is 0 Å². The summed E-state index contributed by atoms with van der Waals surface area (Å²) in [6, 6.07) is 8.82. The van der Waals surface area contributed by atoms with Gasteiger partial charge in [-0.15, -0.1) is 0 Å². The highest BCUT2D eigenvalue weighted by atomic mass is 19.1. The molecule has 0 aliphatic heterocycles. The smallest absolute Gasteiger partial charge is 0.133 e. The van der Waals surface area contributed by atoms with E-state index in [0.29, 0.717) is 30.0 Å². The molecule has 0 aromatic heterocycles. The van der Waals surface area contributed by atoms with E-state index in [-0.39, 0.29) is 5.82 Å². The minimum absolute atomic E-state index is 0.319. The van der Waals surface area contributed by atoms with Gasteiger partial charge < -0.3 is 10.5 Å². The number of halogens is 2. The van der Waals surface area contributed by atoms with E-state index >= 15 is 0 Å². The Kier molecular flexibility index (Phi) is 4.12. The molecule has 0 saturated carbocycles. The third-order valence-corrected chi connectivity index (χ3v) is 2.84. The molecule has 0 aliphatic carbocycles.